The summed E-state index contributed by atoms with van der Waals surface area (Å²) < 4.78 is 13.0. The number of nitrogens with two attached hydrogens (primary N) is 2. The van der Waals surface area contributed by atoms with Crippen LogP contribution in [0.15, 0.2) is 449 Å². The van der Waals surface area contributed by atoms with Crippen LogP contribution in [0.3, 0.4) is 0 Å². The molecule has 0 saturated heterocycles. The molecule has 0 aliphatic carbocycles. The van der Waals surface area contributed by atoms with E-state index in [-0.39, 0.29) is 31.1 Å². The van der Waals surface area contributed by atoms with E-state index in [0.717, 1.165) is 5.56 Å². The predicted octanol–water partition coefficient (Wildman–Crippen LogP) is 19.5. The Bertz CT molecular complexity index is 4940. The summed E-state index contributed by atoms with van der Waals surface area (Å²) in [5.74, 6) is 2.00. The van der Waals surface area contributed by atoms with Crippen LogP contribution < -0.4 is 84.6 Å². The van der Waals surface area contributed by atoms with Crippen LogP contribution in [0, 0.1) is 22.7 Å². The minimum absolute atomic E-state index is 0. The summed E-state index contributed by atoms with van der Waals surface area (Å²) in [5, 5.41) is 39.4. The normalized spacial score (nSPS) is 10.3. The van der Waals surface area contributed by atoms with Crippen molar-refractivity contribution in [2.24, 2.45) is 7.05 Å². The minimum atomic E-state index is -0.446. The fourth-order valence-electron chi connectivity index (χ4n) is 12.0. The smallest absolute Gasteiger partial charge is 0.150 e. The number of nitrogen functional groups attached to an aromatic ring is 2. The molecule has 0 spiro atoms. The summed E-state index contributed by atoms with van der Waals surface area (Å²) in [4.78, 5) is 8.08. The minimum Gasteiger partial charge on any atom is -0.456 e. The molecule has 570 valence electrons. The standard InChI is InChI=1S/4C18H15P.C16H13N5O.C12H8ClN3O.Pd/c4*1-4-10-16(11-5-1)19(17-12-6-2-7-13-17)18-14-8-3-9-15-18;1-21-10-11(9-20-21)16-14(8-17)15(6-7-19-16)22-13-4-2-12(18)3-5-13;13-12-10(7-14)11(5-6-16-12)17-9-3-1-8(15)2-4-9;/h4*1-15H;2-7,9-10H,18H2,1H3;1-6H,15H2;. The Morgan fingerprint density at radius 1 is 0.302 bits per heavy atom. The molecule has 3 heterocycles. The van der Waals surface area contributed by atoms with Crippen molar-refractivity contribution in [2.45, 2.75) is 0 Å². The molecule has 0 atom stereocenters. The van der Waals surface area contributed by atoms with Crippen molar-refractivity contribution in [2.75, 3.05) is 11.5 Å². The van der Waals surface area contributed by atoms with Crippen LogP contribution >= 0.6 is 43.3 Å². The molecule has 3 aromatic heterocycles. The Morgan fingerprint density at radius 2 is 0.517 bits per heavy atom. The van der Waals surface area contributed by atoms with Crippen molar-refractivity contribution >= 4 is 118 Å². The Morgan fingerprint density at radius 3 is 0.724 bits per heavy atom. The molecule has 17 rings (SSSR count). The summed E-state index contributed by atoms with van der Waals surface area (Å²) in [6, 6.07) is 150. The first-order valence-electron chi connectivity index (χ1n) is 37.0. The van der Waals surface area contributed by atoms with Gasteiger partial charge in [0.2, 0.25) is 0 Å². The monoisotopic (exact) mass is 1690 g/mol. The average molecular weight is 1690 g/mol. The molecule has 0 bridgehead atoms. The van der Waals surface area contributed by atoms with Gasteiger partial charge in [0.25, 0.3) is 0 Å². The van der Waals surface area contributed by atoms with Crippen LogP contribution in [-0.2, 0) is 27.5 Å². The van der Waals surface area contributed by atoms with Crippen LogP contribution in [0.4, 0.5) is 11.4 Å². The molecule has 10 nitrogen and oxygen atoms in total. The van der Waals surface area contributed by atoms with E-state index in [9.17, 15) is 5.26 Å². The molecule has 0 unspecified atom stereocenters. The number of hydrogen-bond donors (Lipinski definition) is 2. The van der Waals surface area contributed by atoms with E-state index < -0.39 is 31.7 Å². The number of aryl methyl sites for hydroxylation is 1. The van der Waals surface area contributed by atoms with Crippen LogP contribution in [0.25, 0.3) is 11.3 Å². The first-order chi connectivity index (χ1) is 56.7. The Kier molecular flexibility index (Phi) is 33.0. The number of aromatic nitrogens is 4. The molecule has 16 heteroatoms. The average Bonchev–Trinajstić information content (AvgIpc) is 1.74. The quantitative estimate of drug-likeness (QED) is 0.0391. The van der Waals surface area contributed by atoms with Gasteiger partial charge < -0.3 is 20.9 Å². The van der Waals surface area contributed by atoms with E-state index in [2.05, 4.69) is 385 Å². The zero-order valence-electron chi connectivity index (χ0n) is 63.4. The van der Waals surface area contributed by atoms with Crippen LogP contribution in [0.1, 0.15) is 11.1 Å². The van der Waals surface area contributed by atoms with Gasteiger partial charge in [-0.3, -0.25) is 9.67 Å². The number of halogens is 1. The van der Waals surface area contributed by atoms with Gasteiger partial charge in [0, 0.05) is 75.1 Å². The van der Waals surface area contributed by atoms with Crippen molar-refractivity contribution in [3.8, 4) is 46.4 Å². The number of ether oxygens (including phenoxy) is 2. The third-order valence-corrected chi connectivity index (χ3v) is 27.4. The summed E-state index contributed by atoms with van der Waals surface area (Å²) in [7, 11) is 0.0258. The second-order valence-electron chi connectivity index (χ2n) is 25.3. The molecule has 0 aliphatic heterocycles. The van der Waals surface area contributed by atoms with E-state index in [4.69, 9.17) is 37.8 Å². The van der Waals surface area contributed by atoms with Crippen LogP contribution in [0.2, 0.25) is 5.15 Å². The zero-order chi connectivity index (χ0) is 79.4. The number of rotatable bonds is 17. The number of hydrogen-bond acceptors (Lipinski definition) is 9. The summed E-state index contributed by atoms with van der Waals surface area (Å²) in [5.41, 5.74) is 14.4. The Labute approximate surface area is 703 Å². The van der Waals surface area contributed by atoms with Gasteiger partial charge in [0.15, 0.2) is 5.15 Å². The fraction of sp³-hybridized carbons (Fsp3) is 0.0100. The van der Waals surface area contributed by atoms with Crippen LogP contribution in [0.5, 0.6) is 23.0 Å². The molecule has 14 aromatic carbocycles. The third-order valence-electron chi connectivity index (χ3n) is 17.4. The summed E-state index contributed by atoms with van der Waals surface area (Å²) in [6.45, 7) is 0. The first-order valence-corrected chi connectivity index (χ1v) is 42.7. The van der Waals surface area contributed by atoms with Crippen molar-refractivity contribution in [3.63, 3.8) is 0 Å². The summed E-state index contributed by atoms with van der Waals surface area (Å²) >= 11 is 5.79. The molecule has 0 saturated carbocycles. The Hall–Kier alpha value is -12.6. The number of anilines is 2. The third kappa shape index (κ3) is 24.5. The van der Waals surface area contributed by atoms with Gasteiger partial charge in [-0.15, -0.1) is 0 Å². The largest absolute Gasteiger partial charge is 0.456 e. The summed E-state index contributed by atoms with van der Waals surface area (Å²) in [6.07, 6.45) is 6.55. The molecule has 0 aliphatic rings. The maximum absolute atomic E-state index is 9.47. The van der Waals surface area contributed by atoms with Gasteiger partial charge in [0.1, 0.15) is 46.3 Å². The van der Waals surface area contributed by atoms with E-state index >= 15 is 0 Å². The molecule has 0 radical (unpaired) electrons. The number of pyridine rings is 2. The molecule has 0 fully saturated rings. The van der Waals surface area contributed by atoms with E-state index in [1.807, 2.05) is 13.1 Å². The molecular formula is C100H81ClN8O2P4Pd. The van der Waals surface area contributed by atoms with Crippen molar-refractivity contribution in [1.82, 2.24) is 19.7 Å². The van der Waals surface area contributed by atoms with Gasteiger partial charge in [-0.2, -0.15) is 15.6 Å². The fourth-order valence-corrected chi connectivity index (χ4v) is 21.5. The van der Waals surface area contributed by atoms with Crippen molar-refractivity contribution in [3.05, 3.63) is 466 Å². The molecule has 4 N–H and O–H groups in total. The topological polar surface area (TPSA) is 162 Å². The molecule has 0 amide bonds. The van der Waals surface area contributed by atoms with Gasteiger partial charge in [-0.25, -0.2) is 4.98 Å². The number of nitrogens with zero attached hydrogens (tertiary/aromatic N) is 6. The molecular weight excluding hydrogens is 1610 g/mol. The predicted molar refractivity (Wildman–Crippen MR) is 488 cm³/mol. The first kappa shape index (κ1) is 84.4. The maximum Gasteiger partial charge on any atom is 0.150 e. The van der Waals surface area contributed by atoms with Gasteiger partial charge in [-0.1, -0.05) is 376 Å². The van der Waals surface area contributed by atoms with Gasteiger partial charge >= 0.3 is 0 Å². The molecule has 17 aromatic rings. The second-order valence-corrected chi connectivity index (χ2v) is 34.6. The second kappa shape index (κ2) is 45.4. The van der Waals surface area contributed by atoms with Gasteiger partial charge in [0.05, 0.1) is 11.9 Å². The van der Waals surface area contributed by atoms with E-state index in [1.54, 1.807) is 83.9 Å². The van der Waals surface area contributed by atoms with E-state index in [0.29, 0.717) is 45.6 Å². The molecule has 116 heavy (non-hydrogen) atoms. The maximum atomic E-state index is 9.47. The Balaban J connectivity index is 0.000000137. The van der Waals surface area contributed by atoms with Crippen molar-refractivity contribution in [1.29, 1.82) is 10.5 Å². The van der Waals surface area contributed by atoms with Crippen molar-refractivity contribution < 1.29 is 29.9 Å². The zero-order valence-corrected chi connectivity index (χ0v) is 69.2. The SMILES string of the molecule is Cn1cc(-c2nccc(Oc3ccc(N)cc3)c2C#N)cn1.N#Cc1c(Oc2ccc(N)cc2)ccnc1Cl.[Pd].c1ccc(P(c2ccccc2)c2ccccc2)cc1.c1ccc(P(c2ccccc2)c2ccccc2)cc1.c1ccc(P(c2ccccc2)c2ccccc2)cc1.c1ccc(P(c2ccccc2)c2ccccc2)cc1. The number of nitriles is 2. The number of benzene rings is 14. The van der Waals surface area contributed by atoms with Crippen LogP contribution in [-0.4, -0.2) is 19.7 Å². The van der Waals surface area contributed by atoms with Gasteiger partial charge in [-0.05, 0) is 144 Å². The van der Waals surface area contributed by atoms with E-state index in [1.165, 1.54) is 69.9 Å².